The van der Waals surface area contributed by atoms with Gasteiger partial charge in [0.15, 0.2) is 11.6 Å². The van der Waals surface area contributed by atoms with Crippen molar-refractivity contribution in [1.82, 2.24) is 10.6 Å². The summed E-state index contributed by atoms with van der Waals surface area (Å²) >= 11 is 0. The Morgan fingerprint density at radius 1 is 0.907 bits per heavy atom. The van der Waals surface area contributed by atoms with Crippen molar-refractivity contribution in [2.75, 3.05) is 20.3 Å². The van der Waals surface area contributed by atoms with Crippen molar-refractivity contribution in [2.45, 2.75) is 70.6 Å². The van der Waals surface area contributed by atoms with E-state index in [1.54, 1.807) is 0 Å². The van der Waals surface area contributed by atoms with E-state index in [4.69, 9.17) is 9.47 Å². The van der Waals surface area contributed by atoms with Crippen LogP contribution in [0.3, 0.4) is 0 Å². The second-order valence-corrected chi connectivity index (χ2v) is 12.5. The van der Waals surface area contributed by atoms with E-state index in [9.17, 15) is 14.4 Å². The van der Waals surface area contributed by atoms with Gasteiger partial charge in [0, 0.05) is 25.3 Å². The predicted molar refractivity (Wildman–Crippen MR) is 168 cm³/mol. The number of amides is 1. The van der Waals surface area contributed by atoms with Crippen LogP contribution in [0.15, 0.2) is 84.9 Å². The number of aryl methyl sites for hydroxylation is 1. The highest BCUT2D eigenvalue weighted by Crippen LogP contribution is 2.30. The van der Waals surface area contributed by atoms with Crippen LogP contribution in [0.1, 0.15) is 61.8 Å². The van der Waals surface area contributed by atoms with Gasteiger partial charge in [-0.15, -0.1) is 0 Å². The molecule has 0 aliphatic carbocycles. The van der Waals surface area contributed by atoms with Crippen LogP contribution < -0.4 is 10.6 Å². The number of morpholine rings is 1. The summed E-state index contributed by atoms with van der Waals surface area (Å²) in [5, 5.41) is 6.22. The van der Waals surface area contributed by atoms with Crippen LogP contribution in [-0.4, -0.2) is 56.1 Å². The van der Waals surface area contributed by atoms with Crippen LogP contribution in [0, 0.1) is 5.41 Å². The van der Waals surface area contributed by atoms with Crippen molar-refractivity contribution in [3.8, 4) is 0 Å². The molecule has 0 aromatic heterocycles. The monoisotopic (exact) mass is 584 g/mol. The molecule has 0 unspecified atom stereocenters. The topological polar surface area (TPSA) is 93.7 Å². The number of methoxy groups -OCH3 is 1. The Kier molecular flexibility index (Phi) is 11.3. The third-order valence-corrected chi connectivity index (χ3v) is 7.86. The Balaban J connectivity index is 1.47. The van der Waals surface area contributed by atoms with Crippen molar-refractivity contribution in [1.29, 1.82) is 0 Å². The van der Waals surface area contributed by atoms with Crippen LogP contribution >= 0.6 is 0 Å². The number of hydrogen-bond donors (Lipinski definition) is 2. The summed E-state index contributed by atoms with van der Waals surface area (Å²) in [6.45, 7) is 7.19. The summed E-state index contributed by atoms with van der Waals surface area (Å²) < 4.78 is 11.0. The standard InChI is InChI=1S/C36H44N2O5/c1-36(2,3)22-32(40)30-24-43-29(23-37-30)20-19-25-13-11-12-18-28(25)21-31(39)34(38-35(41)42-4)33(26-14-7-5-8-15-26)27-16-9-6-10-17-27/h5-18,29-30,33-34,37H,19-24H2,1-4H3,(H,38,41)/t29-,30+,34-/m1/s1. The zero-order valence-corrected chi connectivity index (χ0v) is 25.7. The molecule has 1 aliphatic rings. The Labute approximate surface area is 255 Å². The van der Waals surface area contributed by atoms with E-state index in [-0.39, 0.29) is 35.5 Å². The van der Waals surface area contributed by atoms with Gasteiger partial charge in [-0.1, -0.05) is 106 Å². The van der Waals surface area contributed by atoms with Gasteiger partial charge in [0.2, 0.25) is 0 Å². The van der Waals surface area contributed by atoms with Gasteiger partial charge in [0.1, 0.15) is 6.04 Å². The maximum Gasteiger partial charge on any atom is 0.407 e. The number of Topliss-reactive ketones (excluding diaryl/α,β-unsaturated/α-hetero) is 2. The van der Waals surface area contributed by atoms with E-state index in [1.165, 1.54) is 7.11 Å². The maximum atomic E-state index is 14.1. The number of alkyl carbamates (subject to hydrolysis) is 1. The van der Waals surface area contributed by atoms with Crippen LogP contribution in [0.25, 0.3) is 0 Å². The first-order chi connectivity index (χ1) is 20.6. The molecule has 3 atom stereocenters. The Hall–Kier alpha value is -3.81. The minimum absolute atomic E-state index is 0.0169. The van der Waals surface area contributed by atoms with Gasteiger partial charge in [-0.25, -0.2) is 4.79 Å². The minimum Gasteiger partial charge on any atom is -0.453 e. The van der Waals surface area contributed by atoms with Gasteiger partial charge in [-0.2, -0.15) is 0 Å². The van der Waals surface area contributed by atoms with Crippen molar-refractivity contribution < 1.29 is 23.9 Å². The number of rotatable bonds is 12. The smallest absolute Gasteiger partial charge is 0.407 e. The van der Waals surface area contributed by atoms with E-state index in [2.05, 4.69) is 31.4 Å². The number of ketones is 2. The molecule has 1 heterocycles. The Bertz CT molecular complexity index is 1310. The average Bonchev–Trinajstić information content (AvgIpc) is 3.00. The lowest BCUT2D eigenvalue weighted by Crippen LogP contribution is -2.51. The number of carbonyl (C=O) groups excluding carboxylic acids is 3. The third-order valence-electron chi connectivity index (χ3n) is 7.86. The van der Waals surface area contributed by atoms with Crippen LogP contribution in [0.5, 0.6) is 0 Å². The molecule has 228 valence electrons. The quantitative estimate of drug-likeness (QED) is 0.286. The molecule has 1 amide bonds. The molecule has 0 saturated carbocycles. The number of nitrogens with one attached hydrogen (secondary N) is 2. The van der Waals surface area contributed by atoms with Crippen molar-refractivity contribution in [3.63, 3.8) is 0 Å². The summed E-state index contributed by atoms with van der Waals surface area (Å²) in [5.74, 6) is -0.308. The highest BCUT2D eigenvalue weighted by Gasteiger charge is 2.33. The van der Waals surface area contributed by atoms with Gasteiger partial charge in [-0.3, -0.25) is 9.59 Å². The van der Waals surface area contributed by atoms with Crippen molar-refractivity contribution >= 4 is 17.7 Å². The maximum absolute atomic E-state index is 14.1. The molecule has 2 N–H and O–H groups in total. The number of ether oxygens (including phenoxy) is 2. The summed E-state index contributed by atoms with van der Waals surface area (Å²) in [4.78, 5) is 39.2. The summed E-state index contributed by atoms with van der Waals surface area (Å²) in [6, 6.07) is 26.4. The molecule has 3 aromatic carbocycles. The first-order valence-corrected chi connectivity index (χ1v) is 15.1. The van der Waals surface area contributed by atoms with E-state index >= 15 is 0 Å². The largest absolute Gasteiger partial charge is 0.453 e. The fraction of sp³-hybridized carbons (Fsp3) is 0.417. The van der Waals surface area contributed by atoms with E-state index in [1.807, 2.05) is 84.9 Å². The van der Waals surface area contributed by atoms with Gasteiger partial charge >= 0.3 is 6.09 Å². The molecule has 0 radical (unpaired) electrons. The van der Waals surface area contributed by atoms with E-state index in [0.29, 0.717) is 19.6 Å². The SMILES string of the molecule is COC(=O)N[C@H](C(=O)Cc1ccccc1CC[C@@H]1CN[C@H](C(=O)CC(C)(C)C)CO1)C(c1ccccc1)c1ccccc1. The summed E-state index contributed by atoms with van der Waals surface area (Å²) in [6.07, 6.45) is 1.50. The number of benzene rings is 3. The molecule has 3 aromatic rings. The van der Waals surface area contributed by atoms with Gasteiger partial charge < -0.3 is 20.1 Å². The fourth-order valence-corrected chi connectivity index (χ4v) is 5.68. The van der Waals surface area contributed by atoms with Crippen LogP contribution in [-0.2, 0) is 31.9 Å². The lowest BCUT2D eigenvalue weighted by molar-refractivity contribution is -0.127. The Morgan fingerprint density at radius 3 is 2.02 bits per heavy atom. The number of hydrogen-bond acceptors (Lipinski definition) is 6. The fourth-order valence-electron chi connectivity index (χ4n) is 5.68. The van der Waals surface area contributed by atoms with Crippen LogP contribution in [0.4, 0.5) is 4.79 Å². The molecule has 1 fully saturated rings. The molecule has 0 bridgehead atoms. The molecule has 7 nitrogen and oxygen atoms in total. The van der Waals surface area contributed by atoms with E-state index < -0.39 is 18.1 Å². The first kappa shape index (κ1) is 32.1. The van der Waals surface area contributed by atoms with Gasteiger partial charge in [-0.05, 0) is 40.5 Å². The third kappa shape index (κ3) is 9.34. The molecular formula is C36H44N2O5. The zero-order chi connectivity index (χ0) is 30.8. The van der Waals surface area contributed by atoms with Crippen molar-refractivity contribution in [2.24, 2.45) is 5.41 Å². The lowest BCUT2D eigenvalue weighted by Gasteiger charge is -2.31. The molecule has 0 spiro atoms. The molecule has 4 rings (SSSR count). The molecule has 7 heteroatoms. The second kappa shape index (κ2) is 15.1. The zero-order valence-electron chi connectivity index (χ0n) is 25.7. The van der Waals surface area contributed by atoms with Crippen molar-refractivity contribution in [3.05, 3.63) is 107 Å². The van der Waals surface area contributed by atoms with Crippen LogP contribution in [0.2, 0.25) is 0 Å². The lowest BCUT2D eigenvalue weighted by atomic mass is 9.81. The molecule has 1 aliphatic heterocycles. The molecular weight excluding hydrogens is 540 g/mol. The highest BCUT2D eigenvalue weighted by atomic mass is 16.5. The van der Waals surface area contributed by atoms with Gasteiger partial charge in [0.05, 0.1) is 25.9 Å². The Morgan fingerprint density at radius 2 is 1.49 bits per heavy atom. The molecule has 43 heavy (non-hydrogen) atoms. The normalized spacial score (nSPS) is 17.7. The predicted octanol–water partition coefficient (Wildman–Crippen LogP) is 5.65. The summed E-state index contributed by atoms with van der Waals surface area (Å²) in [7, 11) is 1.30. The number of carbonyl (C=O) groups is 3. The van der Waals surface area contributed by atoms with E-state index in [0.717, 1.165) is 35.1 Å². The second-order valence-electron chi connectivity index (χ2n) is 12.5. The summed E-state index contributed by atoms with van der Waals surface area (Å²) in [5.41, 5.74) is 3.80. The minimum atomic E-state index is -0.834. The molecule has 1 saturated heterocycles. The average molecular weight is 585 g/mol. The first-order valence-electron chi connectivity index (χ1n) is 15.1. The highest BCUT2D eigenvalue weighted by molar-refractivity contribution is 5.91. The van der Waals surface area contributed by atoms with Gasteiger partial charge in [0.25, 0.3) is 0 Å².